The topological polar surface area (TPSA) is 21.3 Å². The maximum Gasteiger partial charge on any atom is 0.138 e. The van der Waals surface area contributed by atoms with Crippen LogP contribution in [0.1, 0.15) is 11.1 Å². The van der Waals surface area contributed by atoms with E-state index in [9.17, 15) is 4.39 Å². The van der Waals surface area contributed by atoms with Crippen molar-refractivity contribution in [1.29, 1.82) is 0 Å². The van der Waals surface area contributed by atoms with Crippen LogP contribution in [0.2, 0.25) is 10.0 Å². The fourth-order valence-corrected chi connectivity index (χ4v) is 2.24. The highest BCUT2D eigenvalue weighted by molar-refractivity contribution is 6.32. The summed E-state index contributed by atoms with van der Waals surface area (Å²) in [5.41, 5.74) is 1.45. The van der Waals surface area contributed by atoms with Crippen molar-refractivity contribution >= 4 is 23.2 Å². The lowest BCUT2D eigenvalue weighted by molar-refractivity contribution is 0.300. The molecule has 0 unspecified atom stereocenters. The van der Waals surface area contributed by atoms with Crippen LogP contribution < -0.4 is 10.1 Å². The van der Waals surface area contributed by atoms with E-state index in [1.807, 2.05) is 19.2 Å². The summed E-state index contributed by atoms with van der Waals surface area (Å²) in [4.78, 5) is 0. The molecule has 2 aromatic rings. The van der Waals surface area contributed by atoms with Gasteiger partial charge in [-0.15, -0.1) is 0 Å². The second-order valence-corrected chi connectivity index (χ2v) is 5.16. The summed E-state index contributed by atoms with van der Waals surface area (Å²) in [6.45, 7) is 0.806. The van der Waals surface area contributed by atoms with Gasteiger partial charge in [0.2, 0.25) is 0 Å². The van der Waals surface area contributed by atoms with Gasteiger partial charge in [0, 0.05) is 17.1 Å². The normalized spacial score (nSPS) is 10.6. The third kappa shape index (κ3) is 3.85. The van der Waals surface area contributed by atoms with Gasteiger partial charge in [0.1, 0.15) is 18.2 Å². The highest BCUT2D eigenvalue weighted by atomic mass is 35.5. The van der Waals surface area contributed by atoms with Crippen LogP contribution in [0.15, 0.2) is 36.4 Å². The molecule has 1 N–H and O–H groups in total. The van der Waals surface area contributed by atoms with Crippen molar-refractivity contribution in [3.8, 4) is 5.75 Å². The first-order chi connectivity index (χ1) is 9.60. The minimum atomic E-state index is -0.350. The zero-order valence-electron chi connectivity index (χ0n) is 10.9. The van der Waals surface area contributed by atoms with E-state index in [2.05, 4.69) is 5.32 Å². The molecule has 2 aromatic carbocycles. The first-order valence-electron chi connectivity index (χ1n) is 6.10. The van der Waals surface area contributed by atoms with Crippen molar-refractivity contribution in [2.45, 2.75) is 13.2 Å². The number of nitrogens with one attached hydrogen (secondary N) is 1. The second kappa shape index (κ2) is 6.93. The van der Waals surface area contributed by atoms with E-state index >= 15 is 0 Å². The summed E-state index contributed by atoms with van der Waals surface area (Å²) in [5.74, 6) is 0.170. The molecule has 5 heteroatoms. The molecule has 106 valence electrons. The Morgan fingerprint density at radius 3 is 2.65 bits per heavy atom. The van der Waals surface area contributed by atoms with Gasteiger partial charge in [0.25, 0.3) is 0 Å². The second-order valence-electron chi connectivity index (χ2n) is 4.32. The van der Waals surface area contributed by atoms with Crippen molar-refractivity contribution in [3.05, 3.63) is 63.4 Å². The molecule has 0 fully saturated rings. The van der Waals surface area contributed by atoms with Crippen LogP contribution in [0.4, 0.5) is 4.39 Å². The fourth-order valence-electron chi connectivity index (χ4n) is 1.78. The first kappa shape index (κ1) is 15.1. The predicted octanol–water partition coefficient (Wildman–Crippen LogP) is 4.43. The summed E-state index contributed by atoms with van der Waals surface area (Å²) < 4.78 is 19.1. The molecule has 0 spiro atoms. The van der Waals surface area contributed by atoms with E-state index < -0.39 is 0 Å². The molecule has 0 atom stereocenters. The molecule has 0 aliphatic heterocycles. The Labute approximate surface area is 127 Å². The summed E-state index contributed by atoms with van der Waals surface area (Å²) in [6.07, 6.45) is 0. The van der Waals surface area contributed by atoms with Crippen LogP contribution in [-0.4, -0.2) is 7.05 Å². The average Bonchev–Trinajstić information content (AvgIpc) is 2.42. The van der Waals surface area contributed by atoms with Crippen LogP contribution in [-0.2, 0) is 13.2 Å². The van der Waals surface area contributed by atoms with E-state index in [1.165, 1.54) is 12.1 Å². The Bertz CT molecular complexity index is 604. The van der Waals surface area contributed by atoms with Crippen LogP contribution >= 0.6 is 23.2 Å². The number of benzene rings is 2. The lowest BCUT2D eigenvalue weighted by Crippen LogP contribution is -2.05. The molecule has 0 radical (unpaired) electrons. The highest BCUT2D eigenvalue weighted by Gasteiger charge is 2.07. The summed E-state index contributed by atoms with van der Waals surface area (Å²) in [5, 5.41) is 4.01. The number of hydrogen-bond acceptors (Lipinski definition) is 2. The van der Waals surface area contributed by atoms with Gasteiger partial charge >= 0.3 is 0 Å². The van der Waals surface area contributed by atoms with Crippen LogP contribution in [0, 0.1) is 5.82 Å². The van der Waals surface area contributed by atoms with Crippen LogP contribution in [0.5, 0.6) is 5.75 Å². The Morgan fingerprint density at radius 1 is 1.15 bits per heavy atom. The Hall–Kier alpha value is -1.29. The zero-order chi connectivity index (χ0) is 14.5. The first-order valence-corrected chi connectivity index (χ1v) is 6.85. The van der Waals surface area contributed by atoms with Crippen molar-refractivity contribution < 1.29 is 9.13 Å². The summed E-state index contributed by atoms with van der Waals surface area (Å²) >= 11 is 12.0. The quantitative estimate of drug-likeness (QED) is 0.881. The molecule has 2 rings (SSSR count). The molecule has 0 aliphatic rings. The van der Waals surface area contributed by atoms with E-state index in [0.717, 1.165) is 12.1 Å². The minimum absolute atomic E-state index is 0.0808. The van der Waals surface area contributed by atoms with E-state index in [4.69, 9.17) is 27.9 Å². The lowest BCUT2D eigenvalue weighted by atomic mass is 10.2. The van der Waals surface area contributed by atoms with Crippen molar-refractivity contribution in [2.24, 2.45) is 0 Å². The Balaban J connectivity index is 2.09. The van der Waals surface area contributed by atoms with Crippen LogP contribution in [0.3, 0.4) is 0 Å². The zero-order valence-corrected chi connectivity index (χ0v) is 12.4. The maximum atomic E-state index is 13.6. The minimum Gasteiger partial charge on any atom is -0.487 e. The smallest absolute Gasteiger partial charge is 0.138 e. The monoisotopic (exact) mass is 313 g/mol. The molecule has 2 nitrogen and oxygen atoms in total. The predicted molar refractivity (Wildman–Crippen MR) is 80.0 cm³/mol. The van der Waals surface area contributed by atoms with Crippen LogP contribution in [0.25, 0.3) is 0 Å². The third-order valence-electron chi connectivity index (χ3n) is 2.77. The largest absolute Gasteiger partial charge is 0.487 e. The lowest BCUT2D eigenvalue weighted by Gasteiger charge is -2.10. The van der Waals surface area contributed by atoms with Gasteiger partial charge in [0.15, 0.2) is 0 Å². The number of ether oxygens (including phenoxy) is 1. The fraction of sp³-hybridized carbons (Fsp3) is 0.200. The van der Waals surface area contributed by atoms with Gasteiger partial charge in [-0.25, -0.2) is 4.39 Å². The van der Waals surface area contributed by atoms with Gasteiger partial charge in [-0.1, -0.05) is 29.3 Å². The molecule has 20 heavy (non-hydrogen) atoms. The number of rotatable bonds is 5. The standard InChI is InChI=1S/C15H14Cl2FNO/c1-19-8-10-2-5-15(13(17)6-10)20-9-11-7-12(16)3-4-14(11)18/h2-7,19H,8-9H2,1H3. The van der Waals surface area contributed by atoms with Crippen molar-refractivity contribution in [1.82, 2.24) is 5.32 Å². The van der Waals surface area contributed by atoms with Gasteiger partial charge in [-0.05, 0) is 42.9 Å². The summed E-state index contributed by atoms with van der Waals surface area (Å²) in [7, 11) is 1.86. The molecule has 0 aromatic heterocycles. The van der Waals surface area contributed by atoms with Gasteiger partial charge in [0.05, 0.1) is 5.02 Å². The third-order valence-corrected chi connectivity index (χ3v) is 3.30. The Kier molecular flexibility index (Phi) is 5.24. The average molecular weight is 314 g/mol. The van der Waals surface area contributed by atoms with E-state index in [1.54, 1.807) is 12.1 Å². The molecule has 0 heterocycles. The molecular formula is C15H14Cl2FNO. The van der Waals surface area contributed by atoms with Gasteiger partial charge < -0.3 is 10.1 Å². The molecule has 0 aliphatic carbocycles. The van der Waals surface area contributed by atoms with Crippen molar-refractivity contribution in [2.75, 3.05) is 7.05 Å². The highest BCUT2D eigenvalue weighted by Crippen LogP contribution is 2.27. The molecule has 0 bridgehead atoms. The van der Waals surface area contributed by atoms with Crippen molar-refractivity contribution in [3.63, 3.8) is 0 Å². The van der Waals surface area contributed by atoms with E-state index in [0.29, 0.717) is 21.4 Å². The molecule has 0 amide bonds. The summed E-state index contributed by atoms with van der Waals surface area (Å²) in [6, 6.07) is 9.87. The Morgan fingerprint density at radius 2 is 1.95 bits per heavy atom. The van der Waals surface area contributed by atoms with Gasteiger partial charge in [-0.3, -0.25) is 0 Å². The molecule has 0 saturated carbocycles. The van der Waals surface area contributed by atoms with E-state index in [-0.39, 0.29) is 12.4 Å². The number of hydrogen-bond donors (Lipinski definition) is 1. The molecular weight excluding hydrogens is 300 g/mol. The van der Waals surface area contributed by atoms with Gasteiger partial charge in [-0.2, -0.15) is 0 Å². The maximum absolute atomic E-state index is 13.6. The number of halogens is 3. The molecule has 0 saturated heterocycles. The SMILES string of the molecule is CNCc1ccc(OCc2cc(Cl)ccc2F)c(Cl)c1.